The average molecular weight is 428 g/mol. The SMILES string of the molecule is C[C@]12CC=C3C=C4CCN(N)CC[C@]45CC[C@]3(O5)[C@@H]1CC[C@@H]2c1ccc2ccncc2c1. The summed E-state index contributed by atoms with van der Waals surface area (Å²) < 4.78 is 7.31. The summed E-state index contributed by atoms with van der Waals surface area (Å²) in [6.45, 7) is 4.42. The van der Waals surface area contributed by atoms with Crippen LogP contribution in [0.4, 0.5) is 0 Å². The van der Waals surface area contributed by atoms with Gasteiger partial charge in [0.2, 0.25) is 0 Å². The molecule has 2 saturated heterocycles. The van der Waals surface area contributed by atoms with Gasteiger partial charge in [0.05, 0.1) is 11.2 Å². The van der Waals surface area contributed by atoms with Crippen molar-refractivity contribution in [3.05, 3.63) is 65.5 Å². The number of hydrogen-bond donors (Lipinski definition) is 1. The van der Waals surface area contributed by atoms with Gasteiger partial charge in [-0.1, -0.05) is 31.2 Å². The molecule has 4 heterocycles. The lowest BCUT2D eigenvalue weighted by Crippen LogP contribution is -2.53. The van der Waals surface area contributed by atoms with Crippen LogP contribution in [0.15, 0.2) is 60.0 Å². The molecule has 2 bridgehead atoms. The van der Waals surface area contributed by atoms with Gasteiger partial charge in [0.25, 0.3) is 0 Å². The number of pyridine rings is 1. The number of nitrogens with two attached hydrogens (primary N) is 1. The van der Waals surface area contributed by atoms with Gasteiger partial charge < -0.3 is 4.74 Å². The van der Waals surface area contributed by atoms with Gasteiger partial charge in [-0.3, -0.25) is 10.8 Å². The summed E-state index contributed by atoms with van der Waals surface area (Å²) in [7, 11) is 0. The fourth-order valence-electron chi connectivity index (χ4n) is 8.21. The van der Waals surface area contributed by atoms with Gasteiger partial charge in [-0.15, -0.1) is 0 Å². The lowest BCUT2D eigenvalue weighted by Gasteiger charge is -2.53. The van der Waals surface area contributed by atoms with E-state index in [9.17, 15) is 0 Å². The first-order valence-electron chi connectivity index (χ1n) is 12.5. The van der Waals surface area contributed by atoms with Crippen molar-refractivity contribution in [1.29, 1.82) is 0 Å². The Morgan fingerprint density at radius 3 is 2.97 bits per heavy atom. The Bertz CT molecular complexity index is 1170. The van der Waals surface area contributed by atoms with Gasteiger partial charge in [0, 0.05) is 30.9 Å². The fourth-order valence-corrected chi connectivity index (χ4v) is 8.21. The first-order valence-corrected chi connectivity index (χ1v) is 12.5. The van der Waals surface area contributed by atoms with E-state index in [2.05, 4.69) is 48.3 Å². The number of benzene rings is 1. The molecule has 32 heavy (non-hydrogen) atoms. The van der Waals surface area contributed by atoms with Crippen LogP contribution in [0.5, 0.6) is 0 Å². The molecular weight excluding hydrogens is 394 g/mol. The summed E-state index contributed by atoms with van der Waals surface area (Å²) in [6.07, 6.45) is 17.0. The third-order valence-corrected chi connectivity index (χ3v) is 9.88. The molecule has 4 nitrogen and oxygen atoms in total. The summed E-state index contributed by atoms with van der Waals surface area (Å²) in [5, 5.41) is 4.53. The summed E-state index contributed by atoms with van der Waals surface area (Å²) in [4.78, 5) is 4.37. The molecule has 3 aliphatic heterocycles. The number of ether oxygens (including phenoxy) is 1. The smallest absolute Gasteiger partial charge is 0.0974 e. The summed E-state index contributed by atoms with van der Waals surface area (Å²) in [5.74, 6) is 7.38. The highest BCUT2D eigenvalue weighted by atomic mass is 16.5. The highest BCUT2D eigenvalue weighted by Crippen LogP contribution is 2.68. The quantitative estimate of drug-likeness (QED) is 0.631. The van der Waals surface area contributed by atoms with Crippen LogP contribution in [0.1, 0.15) is 63.4 Å². The van der Waals surface area contributed by atoms with E-state index in [1.807, 2.05) is 17.4 Å². The minimum Gasteiger partial charge on any atom is -0.359 e. The van der Waals surface area contributed by atoms with Gasteiger partial charge >= 0.3 is 0 Å². The van der Waals surface area contributed by atoms with E-state index >= 15 is 0 Å². The first-order chi connectivity index (χ1) is 15.5. The molecule has 2 spiro atoms. The topological polar surface area (TPSA) is 51.4 Å². The maximum absolute atomic E-state index is 7.31. The van der Waals surface area contributed by atoms with Crippen molar-refractivity contribution in [2.75, 3.05) is 13.1 Å². The minimum atomic E-state index is -0.0899. The molecule has 4 heteroatoms. The predicted octanol–water partition coefficient (Wildman–Crippen LogP) is 5.26. The monoisotopic (exact) mass is 427 g/mol. The molecule has 0 unspecified atom stereocenters. The van der Waals surface area contributed by atoms with E-state index in [1.165, 1.54) is 40.3 Å². The van der Waals surface area contributed by atoms with Crippen molar-refractivity contribution in [3.63, 3.8) is 0 Å². The van der Waals surface area contributed by atoms with Crippen molar-refractivity contribution in [3.8, 4) is 0 Å². The van der Waals surface area contributed by atoms with Crippen LogP contribution in [-0.2, 0) is 4.74 Å². The second-order valence-electron chi connectivity index (χ2n) is 11.2. The van der Waals surface area contributed by atoms with Crippen LogP contribution in [-0.4, -0.2) is 34.3 Å². The van der Waals surface area contributed by atoms with Crippen LogP contribution in [0.2, 0.25) is 0 Å². The van der Waals surface area contributed by atoms with Crippen LogP contribution >= 0.6 is 0 Å². The maximum Gasteiger partial charge on any atom is 0.0974 e. The molecule has 5 aliphatic rings. The Balaban J connectivity index is 1.29. The largest absolute Gasteiger partial charge is 0.359 e. The number of allylic oxidation sites excluding steroid dienone is 1. The van der Waals surface area contributed by atoms with E-state index in [4.69, 9.17) is 10.6 Å². The van der Waals surface area contributed by atoms with E-state index < -0.39 is 0 Å². The summed E-state index contributed by atoms with van der Waals surface area (Å²) in [5.41, 5.74) is 4.55. The zero-order valence-corrected chi connectivity index (χ0v) is 19.0. The highest BCUT2D eigenvalue weighted by molar-refractivity contribution is 5.82. The Hall–Kier alpha value is -2.01. The molecule has 2 aromatic rings. The van der Waals surface area contributed by atoms with Crippen LogP contribution in [0, 0.1) is 11.3 Å². The standard InChI is InChI=1S/C28H33N3O/c1-26-9-6-23-17-22-8-14-31(29)15-12-27(22)10-11-28(23,32-27)25(26)5-4-24(26)20-3-2-19-7-13-30-18-21(19)16-20/h2-3,6-7,13,16-18,24-25H,4-5,8-12,14-15,29H2,1H3/t24-,25-,26-,27-,28-/m1/s1. The molecule has 2 N–H and O–H groups in total. The third-order valence-electron chi connectivity index (χ3n) is 9.88. The summed E-state index contributed by atoms with van der Waals surface area (Å²) in [6, 6.07) is 9.16. The Morgan fingerprint density at radius 2 is 2.03 bits per heavy atom. The Labute approximate surface area is 190 Å². The van der Waals surface area contributed by atoms with Crippen molar-refractivity contribution >= 4 is 10.8 Å². The average Bonchev–Trinajstić information content (AvgIpc) is 3.28. The molecule has 0 amide bonds. The third kappa shape index (κ3) is 2.46. The number of aromatic nitrogens is 1. The van der Waals surface area contributed by atoms with E-state index in [0.717, 1.165) is 45.2 Å². The van der Waals surface area contributed by atoms with Crippen LogP contribution in [0.25, 0.3) is 10.8 Å². The van der Waals surface area contributed by atoms with E-state index in [1.54, 1.807) is 0 Å². The molecular formula is C28H33N3O. The number of rotatable bonds is 1. The molecule has 2 aliphatic carbocycles. The van der Waals surface area contributed by atoms with Gasteiger partial charge in [0.15, 0.2) is 0 Å². The maximum atomic E-state index is 7.31. The number of nitrogens with zero attached hydrogens (tertiary/aromatic N) is 2. The van der Waals surface area contributed by atoms with Gasteiger partial charge in [0.1, 0.15) is 0 Å². The number of hydrazine groups is 1. The van der Waals surface area contributed by atoms with E-state index in [-0.39, 0.29) is 16.6 Å². The Morgan fingerprint density at radius 1 is 1.09 bits per heavy atom. The zero-order chi connectivity index (χ0) is 21.6. The fraction of sp³-hybridized carbons (Fsp3) is 0.536. The first kappa shape index (κ1) is 19.5. The second-order valence-corrected chi connectivity index (χ2v) is 11.2. The van der Waals surface area contributed by atoms with Crippen LogP contribution < -0.4 is 5.84 Å². The van der Waals surface area contributed by atoms with Crippen molar-refractivity contribution in [2.45, 2.75) is 69.0 Å². The number of hydrogen-bond acceptors (Lipinski definition) is 4. The van der Waals surface area contributed by atoms with Gasteiger partial charge in [-0.05, 0) is 96.4 Å². The van der Waals surface area contributed by atoms with Crippen molar-refractivity contribution in [2.24, 2.45) is 17.2 Å². The number of fused-ring (bicyclic) bond motifs is 2. The molecule has 166 valence electrons. The molecule has 0 radical (unpaired) electrons. The molecule has 5 atom stereocenters. The second kappa shape index (κ2) is 6.53. The summed E-state index contributed by atoms with van der Waals surface area (Å²) >= 11 is 0. The normalized spacial score (nSPS) is 40.8. The van der Waals surface area contributed by atoms with Gasteiger partial charge in [-0.2, -0.15) is 0 Å². The van der Waals surface area contributed by atoms with Crippen molar-refractivity contribution in [1.82, 2.24) is 9.99 Å². The predicted molar refractivity (Wildman–Crippen MR) is 127 cm³/mol. The zero-order valence-electron chi connectivity index (χ0n) is 19.0. The lowest BCUT2D eigenvalue weighted by molar-refractivity contribution is -0.129. The van der Waals surface area contributed by atoms with Crippen molar-refractivity contribution < 1.29 is 4.74 Å². The highest BCUT2D eigenvalue weighted by Gasteiger charge is 2.65. The van der Waals surface area contributed by atoms with Gasteiger partial charge in [-0.25, -0.2) is 5.01 Å². The minimum absolute atomic E-state index is 0.0730. The van der Waals surface area contributed by atoms with E-state index in [0.29, 0.717) is 11.8 Å². The molecule has 7 rings (SSSR count). The molecule has 1 saturated carbocycles. The Kier molecular flexibility index (Phi) is 3.97. The molecule has 1 aromatic carbocycles. The lowest BCUT2D eigenvalue weighted by atomic mass is 9.58. The molecule has 1 aromatic heterocycles. The van der Waals surface area contributed by atoms with Crippen LogP contribution in [0.3, 0.4) is 0 Å². The molecule has 3 fully saturated rings.